The van der Waals surface area contributed by atoms with Crippen molar-refractivity contribution in [3.05, 3.63) is 29.8 Å². The summed E-state index contributed by atoms with van der Waals surface area (Å²) in [4.78, 5) is 12.1. The van der Waals surface area contributed by atoms with Crippen LogP contribution in [0.25, 0.3) is 0 Å². The first kappa shape index (κ1) is 21.1. The normalized spacial score (nSPS) is 18.6. The zero-order chi connectivity index (χ0) is 17.7. The van der Waals surface area contributed by atoms with Crippen LogP contribution in [0.15, 0.2) is 29.2 Å². The third-order valence-corrected chi connectivity index (χ3v) is 6.54. The number of amides is 1. The van der Waals surface area contributed by atoms with Crippen LogP contribution >= 0.6 is 12.4 Å². The van der Waals surface area contributed by atoms with Gasteiger partial charge in [0.15, 0.2) is 0 Å². The minimum absolute atomic E-state index is 0. The molecule has 2 saturated heterocycles. The van der Waals surface area contributed by atoms with Gasteiger partial charge in [-0.2, -0.15) is 4.31 Å². The van der Waals surface area contributed by atoms with Gasteiger partial charge in [0.2, 0.25) is 15.9 Å². The summed E-state index contributed by atoms with van der Waals surface area (Å²) in [5, 5.41) is 6.11. The minimum atomic E-state index is -3.46. The van der Waals surface area contributed by atoms with Crippen LogP contribution in [0.4, 0.5) is 0 Å². The van der Waals surface area contributed by atoms with Crippen LogP contribution in [0.3, 0.4) is 0 Å². The van der Waals surface area contributed by atoms with E-state index >= 15 is 0 Å². The Morgan fingerprint density at radius 2 is 1.85 bits per heavy atom. The largest absolute Gasteiger partial charge is 0.379 e. The van der Waals surface area contributed by atoms with Crippen LogP contribution in [0.1, 0.15) is 12.0 Å². The minimum Gasteiger partial charge on any atom is -0.379 e. The summed E-state index contributed by atoms with van der Waals surface area (Å²) >= 11 is 0. The van der Waals surface area contributed by atoms with Crippen molar-refractivity contribution in [2.24, 2.45) is 5.92 Å². The topological polar surface area (TPSA) is 87.7 Å². The Morgan fingerprint density at radius 1 is 1.19 bits per heavy atom. The van der Waals surface area contributed by atoms with Crippen LogP contribution < -0.4 is 10.6 Å². The van der Waals surface area contributed by atoms with Gasteiger partial charge in [0, 0.05) is 45.1 Å². The van der Waals surface area contributed by atoms with Gasteiger partial charge in [0.05, 0.1) is 18.1 Å². The highest BCUT2D eigenvalue weighted by atomic mass is 35.5. The van der Waals surface area contributed by atoms with Crippen molar-refractivity contribution < 1.29 is 17.9 Å². The Morgan fingerprint density at radius 3 is 2.42 bits per heavy atom. The fourth-order valence-corrected chi connectivity index (χ4v) is 4.27. The summed E-state index contributed by atoms with van der Waals surface area (Å²) < 4.78 is 31.8. The molecular weight excluding hydrogens is 378 g/mol. The molecule has 0 unspecified atom stereocenters. The number of hydrogen-bond donors (Lipinski definition) is 2. The number of nitrogens with one attached hydrogen (secondary N) is 2. The van der Waals surface area contributed by atoms with Gasteiger partial charge < -0.3 is 15.4 Å². The quantitative estimate of drug-likeness (QED) is 0.688. The maximum atomic E-state index is 12.5. The molecule has 0 bridgehead atoms. The maximum absolute atomic E-state index is 12.5. The van der Waals surface area contributed by atoms with Gasteiger partial charge in [-0.3, -0.25) is 4.79 Å². The first-order valence-corrected chi connectivity index (χ1v) is 10.1. The van der Waals surface area contributed by atoms with Gasteiger partial charge in [-0.25, -0.2) is 8.42 Å². The number of ether oxygens (including phenoxy) is 1. The molecule has 2 heterocycles. The van der Waals surface area contributed by atoms with E-state index in [1.165, 1.54) is 4.31 Å². The van der Waals surface area contributed by atoms with Crippen LogP contribution in [-0.2, 0) is 26.0 Å². The van der Waals surface area contributed by atoms with Crippen molar-refractivity contribution >= 4 is 28.3 Å². The summed E-state index contributed by atoms with van der Waals surface area (Å²) in [6.07, 6.45) is 1.02. The second-order valence-electron chi connectivity index (χ2n) is 6.49. The molecule has 146 valence electrons. The van der Waals surface area contributed by atoms with Gasteiger partial charge >= 0.3 is 0 Å². The maximum Gasteiger partial charge on any atom is 0.243 e. The molecule has 2 N–H and O–H groups in total. The van der Waals surface area contributed by atoms with Crippen molar-refractivity contribution in [1.29, 1.82) is 0 Å². The van der Waals surface area contributed by atoms with E-state index in [1.54, 1.807) is 24.3 Å². The van der Waals surface area contributed by atoms with Crippen molar-refractivity contribution in [3.8, 4) is 0 Å². The molecule has 1 aromatic carbocycles. The van der Waals surface area contributed by atoms with Gasteiger partial charge in [0.25, 0.3) is 0 Å². The average Bonchev–Trinajstić information content (AvgIpc) is 2.60. The Labute approximate surface area is 160 Å². The molecular formula is C17H26ClN3O4S. The van der Waals surface area contributed by atoms with E-state index in [9.17, 15) is 13.2 Å². The monoisotopic (exact) mass is 403 g/mol. The second kappa shape index (κ2) is 9.66. The molecule has 0 aliphatic carbocycles. The highest BCUT2D eigenvalue weighted by molar-refractivity contribution is 7.89. The summed E-state index contributed by atoms with van der Waals surface area (Å²) in [5.41, 5.74) is 0.960. The molecule has 2 aliphatic heterocycles. The first-order chi connectivity index (χ1) is 12.1. The SMILES string of the molecule is Cl.O=C(CCc1ccc(S(=O)(=O)N2CCOCC2)cc1)NCC1CNC1. The molecule has 1 aromatic rings. The Balaban J connectivity index is 0.00000243. The van der Waals surface area contributed by atoms with Gasteiger partial charge in [-0.15, -0.1) is 12.4 Å². The summed E-state index contributed by atoms with van der Waals surface area (Å²) in [6.45, 7) is 4.31. The van der Waals surface area contributed by atoms with E-state index in [1.807, 2.05) is 0 Å². The van der Waals surface area contributed by atoms with Crippen molar-refractivity contribution in [2.45, 2.75) is 17.7 Å². The number of morpholine rings is 1. The number of aryl methyl sites for hydroxylation is 1. The molecule has 1 amide bonds. The predicted octanol–water partition coefficient (Wildman–Crippen LogP) is 0.398. The van der Waals surface area contributed by atoms with Crippen LogP contribution in [-0.4, -0.2) is 64.6 Å². The molecule has 0 aromatic heterocycles. The van der Waals surface area contributed by atoms with E-state index < -0.39 is 10.0 Å². The van der Waals surface area contributed by atoms with E-state index in [0.717, 1.165) is 25.2 Å². The molecule has 3 rings (SSSR count). The standard InChI is InChI=1S/C17H25N3O4S.ClH/c21-17(19-13-15-11-18-12-15)6-3-14-1-4-16(5-2-14)25(22,23)20-7-9-24-10-8-20;/h1-2,4-5,15,18H,3,6-13H2,(H,19,21);1H. The number of nitrogens with zero attached hydrogens (tertiary/aromatic N) is 1. The lowest BCUT2D eigenvalue weighted by molar-refractivity contribution is -0.121. The van der Waals surface area contributed by atoms with Crippen molar-refractivity contribution in [3.63, 3.8) is 0 Å². The summed E-state index contributed by atoms with van der Waals surface area (Å²) in [6, 6.07) is 6.82. The number of halogens is 1. The zero-order valence-corrected chi connectivity index (χ0v) is 16.3. The molecule has 9 heteroatoms. The molecule has 7 nitrogen and oxygen atoms in total. The summed E-state index contributed by atoms with van der Waals surface area (Å²) in [7, 11) is -3.46. The third-order valence-electron chi connectivity index (χ3n) is 4.63. The molecule has 0 saturated carbocycles. The third kappa shape index (κ3) is 5.40. The molecule has 0 spiro atoms. The van der Waals surface area contributed by atoms with E-state index in [2.05, 4.69) is 10.6 Å². The number of carbonyl (C=O) groups is 1. The zero-order valence-electron chi connectivity index (χ0n) is 14.6. The first-order valence-electron chi connectivity index (χ1n) is 8.70. The van der Waals surface area contributed by atoms with E-state index in [4.69, 9.17) is 4.74 Å². The molecule has 0 atom stereocenters. The number of rotatable bonds is 7. The van der Waals surface area contributed by atoms with Gasteiger partial charge in [0.1, 0.15) is 0 Å². The van der Waals surface area contributed by atoms with Crippen molar-refractivity contribution in [1.82, 2.24) is 14.9 Å². The van der Waals surface area contributed by atoms with Gasteiger partial charge in [-0.1, -0.05) is 12.1 Å². The molecule has 2 aliphatic rings. The Bertz CT molecular complexity index is 686. The number of benzene rings is 1. The number of hydrogen-bond acceptors (Lipinski definition) is 5. The molecule has 2 fully saturated rings. The van der Waals surface area contributed by atoms with Crippen LogP contribution in [0, 0.1) is 5.92 Å². The Kier molecular flexibility index (Phi) is 7.85. The average molecular weight is 404 g/mol. The summed E-state index contributed by atoms with van der Waals surface area (Å²) in [5.74, 6) is 0.588. The fourth-order valence-electron chi connectivity index (χ4n) is 2.86. The smallest absolute Gasteiger partial charge is 0.243 e. The lowest BCUT2D eigenvalue weighted by Crippen LogP contribution is -2.48. The van der Waals surface area contributed by atoms with Gasteiger partial charge in [-0.05, 0) is 24.1 Å². The number of sulfonamides is 1. The fraction of sp³-hybridized carbons (Fsp3) is 0.588. The number of carbonyl (C=O) groups excluding carboxylic acids is 1. The molecule has 26 heavy (non-hydrogen) atoms. The van der Waals surface area contributed by atoms with E-state index in [-0.39, 0.29) is 18.3 Å². The predicted molar refractivity (Wildman–Crippen MR) is 101 cm³/mol. The highest BCUT2D eigenvalue weighted by Crippen LogP contribution is 2.18. The Hall–Kier alpha value is -1.19. The molecule has 0 radical (unpaired) electrons. The highest BCUT2D eigenvalue weighted by Gasteiger charge is 2.26. The van der Waals surface area contributed by atoms with E-state index in [0.29, 0.717) is 50.0 Å². The van der Waals surface area contributed by atoms with Crippen LogP contribution in [0.5, 0.6) is 0 Å². The lowest BCUT2D eigenvalue weighted by Gasteiger charge is -2.27. The lowest BCUT2D eigenvalue weighted by atomic mass is 10.0. The second-order valence-corrected chi connectivity index (χ2v) is 8.43. The van der Waals surface area contributed by atoms with Crippen LogP contribution in [0.2, 0.25) is 0 Å². The van der Waals surface area contributed by atoms with Crippen molar-refractivity contribution in [2.75, 3.05) is 45.9 Å².